The number of fused-ring (bicyclic) bond motifs is 1. The highest BCUT2D eigenvalue weighted by molar-refractivity contribution is 6.30. The Morgan fingerprint density at radius 3 is 2.75 bits per heavy atom. The number of rotatable bonds is 3. The Kier molecular flexibility index (Phi) is 3.45. The number of benzene rings is 2. The van der Waals surface area contributed by atoms with Crippen LogP contribution >= 0.6 is 11.6 Å². The van der Waals surface area contributed by atoms with Crippen LogP contribution in [0.25, 0.3) is 11.0 Å². The van der Waals surface area contributed by atoms with E-state index < -0.39 is 0 Å². The fourth-order valence-corrected chi connectivity index (χ4v) is 2.61. The predicted molar refractivity (Wildman–Crippen MR) is 79.6 cm³/mol. The molecule has 0 amide bonds. The third-order valence-corrected chi connectivity index (χ3v) is 3.70. The monoisotopic (exact) mass is 288 g/mol. The van der Waals surface area contributed by atoms with Gasteiger partial charge in [-0.3, -0.25) is 0 Å². The summed E-state index contributed by atoms with van der Waals surface area (Å²) in [5.74, 6) is 0.597. The van der Waals surface area contributed by atoms with Gasteiger partial charge >= 0.3 is 0 Å². The van der Waals surface area contributed by atoms with Gasteiger partial charge < -0.3 is 4.57 Å². The molecule has 0 saturated heterocycles. The van der Waals surface area contributed by atoms with Crippen molar-refractivity contribution in [3.05, 3.63) is 64.7 Å². The second-order valence-electron chi connectivity index (χ2n) is 4.67. The van der Waals surface area contributed by atoms with Crippen molar-refractivity contribution in [1.29, 1.82) is 0 Å². The van der Waals surface area contributed by atoms with E-state index in [9.17, 15) is 4.39 Å². The minimum Gasteiger partial charge on any atom is -0.323 e. The zero-order valence-corrected chi connectivity index (χ0v) is 11.9. The maximum Gasteiger partial charge on any atom is 0.146 e. The third kappa shape index (κ3) is 2.18. The Labute approximate surface area is 121 Å². The van der Waals surface area contributed by atoms with Gasteiger partial charge in [0.25, 0.3) is 0 Å². The van der Waals surface area contributed by atoms with Gasteiger partial charge in [0, 0.05) is 12.0 Å². The molecular formula is C16H14ClFN2. The first-order valence-electron chi connectivity index (χ1n) is 6.57. The first kappa shape index (κ1) is 13.1. The Bertz CT molecular complexity index is 764. The fourth-order valence-electron chi connectivity index (χ4n) is 2.41. The molecule has 0 aliphatic rings. The van der Waals surface area contributed by atoms with Crippen molar-refractivity contribution in [2.75, 3.05) is 0 Å². The van der Waals surface area contributed by atoms with E-state index in [1.54, 1.807) is 18.2 Å². The number of halogens is 2. The van der Waals surface area contributed by atoms with Gasteiger partial charge in [0.15, 0.2) is 0 Å². The Balaban J connectivity index is 2.12. The summed E-state index contributed by atoms with van der Waals surface area (Å²) in [6, 6.07) is 13.0. The average Bonchev–Trinajstić information content (AvgIpc) is 2.82. The van der Waals surface area contributed by atoms with E-state index in [-0.39, 0.29) is 10.8 Å². The number of imidazole rings is 1. The number of nitrogens with zero attached hydrogens (tertiary/aromatic N) is 2. The van der Waals surface area contributed by atoms with Crippen LogP contribution < -0.4 is 0 Å². The van der Waals surface area contributed by atoms with Gasteiger partial charge in [0.05, 0.1) is 22.6 Å². The summed E-state index contributed by atoms with van der Waals surface area (Å²) in [4.78, 5) is 4.59. The molecule has 4 heteroatoms. The van der Waals surface area contributed by atoms with Crippen LogP contribution in [-0.2, 0) is 13.0 Å². The summed E-state index contributed by atoms with van der Waals surface area (Å²) in [5, 5.41) is 0.157. The van der Waals surface area contributed by atoms with Crippen molar-refractivity contribution in [2.45, 2.75) is 19.9 Å². The lowest BCUT2D eigenvalue weighted by atomic mass is 10.2. The molecule has 0 N–H and O–H groups in total. The number of aromatic nitrogens is 2. The lowest BCUT2D eigenvalue weighted by Crippen LogP contribution is -2.06. The number of para-hydroxylation sites is 2. The van der Waals surface area contributed by atoms with E-state index in [1.807, 2.05) is 35.8 Å². The van der Waals surface area contributed by atoms with E-state index >= 15 is 0 Å². The van der Waals surface area contributed by atoms with Crippen LogP contribution in [0.2, 0.25) is 5.02 Å². The molecule has 2 aromatic carbocycles. The van der Waals surface area contributed by atoms with Crippen LogP contribution in [0, 0.1) is 5.82 Å². The van der Waals surface area contributed by atoms with Crippen molar-refractivity contribution < 1.29 is 4.39 Å². The van der Waals surface area contributed by atoms with Crippen molar-refractivity contribution in [2.24, 2.45) is 0 Å². The first-order valence-corrected chi connectivity index (χ1v) is 6.95. The van der Waals surface area contributed by atoms with Gasteiger partial charge in [-0.1, -0.05) is 42.8 Å². The Morgan fingerprint density at radius 2 is 1.95 bits per heavy atom. The molecule has 0 radical (unpaired) electrons. The van der Waals surface area contributed by atoms with E-state index in [4.69, 9.17) is 11.6 Å². The second-order valence-corrected chi connectivity index (χ2v) is 5.08. The van der Waals surface area contributed by atoms with Gasteiger partial charge in [0.2, 0.25) is 0 Å². The molecule has 0 bridgehead atoms. The van der Waals surface area contributed by atoms with Gasteiger partial charge in [0.1, 0.15) is 11.6 Å². The summed E-state index contributed by atoms with van der Waals surface area (Å²) in [6.45, 7) is 2.49. The zero-order valence-electron chi connectivity index (χ0n) is 11.1. The number of hydrogen-bond acceptors (Lipinski definition) is 1. The standard InChI is InChI=1S/C16H14ClFN2/c1-2-15-19-13-8-3-4-9-14(13)20(15)10-11-6-5-7-12(17)16(11)18/h3-9H,2,10H2,1H3. The third-order valence-electron chi connectivity index (χ3n) is 3.41. The summed E-state index contributed by atoms with van der Waals surface area (Å²) in [5.41, 5.74) is 2.53. The largest absolute Gasteiger partial charge is 0.323 e. The molecule has 0 saturated carbocycles. The summed E-state index contributed by atoms with van der Waals surface area (Å²) < 4.78 is 16.1. The molecule has 1 aromatic heterocycles. The van der Waals surface area contributed by atoms with Crippen LogP contribution in [0.5, 0.6) is 0 Å². The first-order chi connectivity index (χ1) is 9.70. The van der Waals surface area contributed by atoms with Crippen LogP contribution in [0.3, 0.4) is 0 Å². The van der Waals surface area contributed by atoms with Gasteiger partial charge in [-0.05, 0) is 18.2 Å². The zero-order chi connectivity index (χ0) is 14.1. The minimum absolute atomic E-state index is 0.157. The highest BCUT2D eigenvalue weighted by Crippen LogP contribution is 2.22. The maximum absolute atomic E-state index is 14.1. The summed E-state index contributed by atoms with van der Waals surface area (Å²) in [7, 11) is 0. The molecule has 2 nitrogen and oxygen atoms in total. The van der Waals surface area contributed by atoms with E-state index in [0.717, 1.165) is 23.3 Å². The van der Waals surface area contributed by atoms with Gasteiger partial charge in [-0.15, -0.1) is 0 Å². The molecule has 1 heterocycles. The Hall–Kier alpha value is -1.87. The van der Waals surface area contributed by atoms with Crippen molar-refractivity contribution >= 4 is 22.6 Å². The highest BCUT2D eigenvalue weighted by Gasteiger charge is 2.12. The fraction of sp³-hybridized carbons (Fsp3) is 0.188. The van der Waals surface area contributed by atoms with E-state index in [1.165, 1.54) is 0 Å². The lowest BCUT2D eigenvalue weighted by molar-refractivity contribution is 0.598. The quantitative estimate of drug-likeness (QED) is 0.697. The predicted octanol–water partition coefficient (Wildman–Crippen LogP) is 4.44. The van der Waals surface area contributed by atoms with Crippen molar-refractivity contribution in [3.8, 4) is 0 Å². The van der Waals surface area contributed by atoms with Crippen molar-refractivity contribution in [1.82, 2.24) is 9.55 Å². The van der Waals surface area contributed by atoms with Crippen molar-refractivity contribution in [3.63, 3.8) is 0 Å². The van der Waals surface area contributed by atoms with Gasteiger partial charge in [-0.2, -0.15) is 0 Å². The van der Waals surface area contributed by atoms with Crippen LogP contribution in [-0.4, -0.2) is 9.55 Å². The maximum atomic E-state index is 14.1. The molecule has 20 heavy (non-hydrogen) atoms. The average molecular weight is 289 g/mol. The molecule has 0 atom stereocenters. The van der Waals surface area contributed by atoms with E-state index in [2.05, 4.69) is 4.98 Å². The minimum atomic E-state index is -0.353. The normalized spacial score (nSPS) is 11.2. The molecule has 3 aromatic rings. The molecule has 0 aliphatic carbocycles. The molecule has 0 fully saturated rings. The second kappa shape index (κ2) is 5.25. The lowest BCUT2D eigenvalue weighted by Gasteiger charge is -2.10. The summed E-state index contributed by atoms with van der Waals surface area (Å²) >= 11 is 5.85. The molecule has 102 valence electrons. The molecule has 0 unspecified atom stereocenters. The highest BCUT2D eigenvalue weighted by atomic mass is 35.5. The number of aryl methyl sites for hydroxylation is 1. The molecule has 3 rings (SSSR count). The SMILES string of the molecule is CCc1nc2ccccc2n1Cc1cccc(Cl)c1F. The van der Waals surface area contributed by atoms with Gasteiger partial charge in [-0.25, -0.2) is 9.37 Å². The Morgan fingerprint density at radius 1 is 1.15 bits per heavy atom. The summed E-state index contributed by atoms with van der Waals surface area (Å²) in [6.07, 6.45) is 0.802. The molecule has 0 spiro atoms. The van der Waals surface area contributed by atoms with Crippen LogP contribution in [0.15, 0.2) is 42.5 Å². The van der Waals surface area contributed by atoms with E-state index in [0.29, 0.717) is 12.1 Å². The van der Waals surface area contributed by atoms with Crippen LogP contribution in [0.4, 0.5) is 4.39 Å². The number of hydrogen-bond donors (Lipinski definition) is 0. The molecule has 0 aliphatic heterocycles. The van der Waals surface area contributed by atoms with Crippen LogP contribution in [0.1, 0.15) is 18.3 Å². The molecular weight excluding hydrogens is 275 g/mol. The topological polar surface area (TPSA) is 17.8 Å². The smallest absolute Gasteiger partial charge is 0.146 e.